The summed E-state index contributed by atoms with van der Waals surface area (Å²) in [6.07, 6.45) is -14.6. The number of pyridine rings is 2. The van der Waals surface area contributed by atoms with E-state index in [9.17, 15) is 5.26 Å². The highest BCUT2D eigenvalue weighted by Crippen LogP contribution is 2.53. The van der Waals surface area contributed by atoms with Crippen LogP contribution in [0.5, 0.6) is 0 Å². The molecule has 0 radical (unpaired) electrons. The molecular weight excluding hydrogens is 1070 g/mol. The molecule has 0 aliphatic rings. The number of fused-ring (bicyclic) bond motifs is 9. The van der Waals surface area contributed by atoms with Gasteiger partial charge in [0.2, 0.25) is 0 Å². The third kappa shape index (κ3) is 8.19. The molecule has 0 unspecified atom stereocenters. The Balaban J connectivity index is 1.34. The molecule has 402 valence electrons. The maximum Gasteiger partial charge on any atom is 0.416 e. The lowest BCUT2D eigenvalue weighted by Gasteiger charge is -2.28. The maximum absolute atomic E-state index is 15.4. The van der Waals surface area contributed by atoms with E-state index in [-0.39, 0.29) is 61.7 Å². The molecule has 5 aromatic heterocycles. The Morgan fingerprint density at radius 2 is 0.602 bits per heavy atom. The zero-order chi connectivity index (χ0) is 57.1. The van der Waals surface area contributed by atoms with Crippen molar-refractivity contribution in [1.29, 1.82) is 5.26 Å². The molecule has 0 saturated carbocycles. The summed E-state index contributed by atoms with van der Waals surface area (Å²) in [7, 11) is 0. The van der Waals surface area contributed by atoms with Crippen LogP contribution in [0.2, 0.25) is 0 Å². The number of nitriles is 1. The van der Waals surface area contributed by atoms with Gasteiger partial charge in [0.15, 0.2) is 0 Å². The molecule has 14 aromatic rings. The molecule has 15 heteroatoms. The number of aromatic nitrogens is 5. The van der Waals surface area contributed by atoms with Crippen molar-refractivity contribution in [1.82, 2.24) is 23.7 Å². The SMILES string of the molecule is N#Cc1c(-n2c3ccccc3c3ccc(C(F)(F)F)cc32)c(-c2cccc(-c3ccccc3)n2)c(-n2c3ccccc3c3ccc(C(F)(F)F)cc32)c(-c2cccc(-c3ccccc3)n2)c1-n1c2ccccc2c2ccc(C(F)(F)F)cc21. The highest BCUT2D eigenvalue weighted by molar-refractivity contribution is 6.16. The van der Waals surface area contributed by atoms with Crippen molar-refractivity contribution >= 4 is 65.4 Å². The number of nitrogens with zero attached hydrogens (tertiary/aromatic N) is 6. The van der Waals surface area contributed by atoms with Crippen molar-refractivity contribution in [3.63, 3.8) is 0 Å². The standard InChI is InChI=1S/C68H37F9N6/c69-66(70,71)41-29-32-47-44-19-7-10-26-55(44)81(58(47)35-41)63-50(38-78)64(82-56-27-11-8-20-45(56)48-33-30-42(36-59(48)82)67(72,73)74)62(54-25-14-23-52(80-54)40-17-5-2-6-18-40)65(61(63)53-24-13-22-51(79-53)39-15-3-1-4-16-39)83-57-28-12-9-21-46(57)49-34-31-43(37-60(49)83)68(75,76)77/h1-37H. The van der Waals surface area contributed by atoms with Crippen LogP contribution in [0.15, 0.2) is 224 Å². The van der Waals surface area contributed by atoms with Crippen LogP contribution in [0.1, 0.15) is 22.3 Å². The third-order valence-corrected chi connectivity index (χ3v) is 15.4. The summed E-state index contributed by atoms with van der Waals surface area (Å²) >= 11 is 0. The van der Waals surface area contributed by atoms with E-state index in [2.05, 4.69) is 6.07 Å². The Morgan fingerprint density at radius 3 is 0.940 bits per heavy atom. The number of rotatable bonds is 7. The smallest absolute Gasteiger partial charge is 0.308 e. The van der Waals surface area contributed by atoms with Crippen molar-refractivity contribution < 1.29 is 39.5 Å². The minimum absolute atomic E-state index is 0.0185. The van der Waals surface area contributed by atoms with Gasteiger partial charge in [0.05, 0.1) is 101 Å². The van der Waals surface area contributed by atoms with E-state index in [1.807, 2.05) is 60.7 Å². The number of alkyl halides is 9. The van der Waals surface area contributed by atoms with E-state index in [1.165, 1.54) is 18.2 Å². The van der Waals surface area contributed by atoms with Gasteiger partial charge in [-0.25, -0.2) is 9.97 Å². The minimum atomic E-state index is -4.88. The van der Waals surface area contributed by atoms with Gasteiger partial charge < -0.3 is 13.7 Å². The first-order valence-electron chi connectivity index (χ1n) is 26.1. The van der Waals surface area contributed by atoms with Crippen LogP contribution in [-0.2, 0) is 18.5 Å². The molecule has 0 fully saturated rings. The number of hydrogen-bond donors (Lipinski definition) is 0. The number of halogens is 9. The Bertz CT molecular complexity index is 4760. The first-order valence-corrected chi connectivity index (χ1v) is 26.1. The minimum Gasteiger partial charge on any atom is -0.308 e. The van der Waals surface area contributed by atoms with Gasteiger partial charge in [-0.05, 0) is 78.9 Å². The van der Waals surface area contributed by atoms with Gasteiger partial charge in [0, 0.05) is 43.4 Å². The second-order valence-electron chi connectivity index (χ2n) is 20.1. The summed E-state index contributed by atoms with van der Waals surface area (Å²) < 4.78 is 143. The van der Waals surface area contributed by atoms with Crippen LogP contribution < -0.4 is 0 Å². The van der Waals surface area contributed by atoms with Crippen LogP contribution in [0.3, 0.4) is 0 Å². The second kappa shape index (κ2) is 18.8. The van der Waals surface area contributed by atoms with Crippen LogP contribution in [-0.4, -0.2) is 23.7 Å². The zero-order valence-corrected chi connectivity index (χ0v) is 42.9. The van der Waals surface area contributed by atoms with Crippen molar-refractivity contribution in [2.75, 3.05) is 0 Å². The molecule has 0 N–H and O–H groups in total. The highest BCUT2D eigenvalue weighted by Gasteiger charge is 2.38. The average Bonchev–Trinajstić information content (AvgIpc) is 1.81. The molecule has 0 saturated heterocycles. The molecule has 0 atom stereocenters. The van der Waals surface area contributed by atoms with Crippen LogP contribution >= 0.6 is 0 Å². The van der Waals surface area contributed by atoms with Crippen molar-refractivity contribution in [2.24, 2.45) is 0 Å². The molecule has 6 nitrogen and oxygen atoms in total. The molecule has 5 heterocycles. The molecule has 0 amide bonds. The van der Waals surface area contributed by atoms with Gasteiger partial charge in [-0.1, -0.05) is 146 Å². The fourth-order valence-electron chi connectivity index (χ4n) is 11.8. The predicted molar refractivity (Wildman–Crippen MR) is 307 cm³/mol. The van der Waals surface area contributed by atoms with Gasteiger partial charge in [0.25, 0.3) is 0 Å². The summed E-state index contributed by atoms with van der Waals surface area (Å²) in [4.78, 5) is 10.7. The summed E-state index contributed by atoms with van der Waals surface area (Å²) in [5, 5.41) is 15.0. The molecule has 14 rings (SSSR count). The summed E-state index contributed by atoms with van der Waals surface area (Å²) in [5.41, 5.74) is 0.0181. The molecule has 0 bridgehead atoms. The fraction of sp³-hybridized carbons (Fsp3) is 0.0441. The number of hydrogen-bond acceptors (Lipinski definition) is 3. The van der Waals surface area contributed by atoms with Gasteiger partial charge in [-0.15, -0.1) is 0 Å². The summed E-state index contributed by atoms with van der Waals surface area (Å²) in [6.45, 7) is 0. The van der Waals surface area contributed by atoms with E-state index in [0.29, 0.717) is 71.4 Å². The van der Waals surface area contributed by atoms with Crippen molar-refractivity contribution in [3.05, 3.63) is 247 Å². The second-order valence-corrected chi connectivity index (χ2v) is 20.1. The monoisotopic (exact) mass is 1110 g/mol. The van der Waals surface area contributed by atoms with Crippen molar-refractivity contribution in [2.45, 2.75) is 18.5 Å². The average molecular weight is 1110 g/mol. The quantitative estimate of drug-likeness (QED) is 0.149. The normalized spacial score (nSPS) is 12.4. The number of benzene rings is 9. The van der Waals surface area contributed by atoms with Crippen LogP contribution in [0.4, 0.5) is 39.5 Å². The summed E-state index contributed by atoms with van der Waals surface area (Å²) in [6, 6.07) is 61.6. The van der Waals surface area contributed by atoms with Crippen LogP contribution in [0.25, 0.3) is 128 Å². The molecular formula is C68H37F9N6. The predicted octanol–water partition coefficient (Wildman–Crippen LogP) is 19.4. The molecule has 0 aliphatic carbocycles. The lowest BCUT2D eigenvalue weighted by molar-refractivity contribution is -0.138. The first kappa shape index (κ1) is 50.7. The number of para-hydroxylation sites is 3. The highest BCUT2D eigenvalue weighted by atomic mass is 19.4. The topological polar surface area (TPSA) is 64.4 Å². The third-order valence-electron chi connectivity index (χ3n) is 15.4. The van der Waals surface area contributed by atoms with Gasteiger partial charge >= 0.3 is 18.5 Å². The molecule has 83 heavy (non-hydrogen) atoms. The first-order chi connectivity index (χ1) is 40.1. The lowest BCUT2D eigenvalue weighted by atomic mass is 9.91. The largest absolute Gasteiger partial charge is 0.416 e. The Labute approximate surface area is 465 Å². The van der Waals surface area contributed by atoms with Gasteiger partial charge in [-0.2, -0.15) is 44.8 Å². The summed E-state index contributed by atoms with van der Waals surface area (Å²) in [5.74, 6) is 0. The fourth-order valence-corrected chi connectivity index (χ4v) is 11.8. The zero-order valence-electron chi connectivity index (χ0n) is 42.9. The molecule has 0 aliphatic heterocycles. The van der Waals surface area contributed by atoms with Crippen molar-refractivity contribution in [3.8, 4) is 68.2 Å². The van der Waals surface area contributed by atoms with E-state index in [4.69, 9.17) is 9.97 Å². The van der Waals surface area contributed by atoms with E-state index < -0.39 is 35.2 Å². The van der Waals surface area contributed by atoms with Gasteiger partial charge in [-0.3, -0.25) is 0 Å². The Kier molecular flexibility index (Phi) is 11.5. The lowest BCUT2D eigenvalue weighted by Crippen LogP contribution is -2.15. The Morgan fingerprint density at radius 1 is 0.301 bits per heavy atom. The Hall–Kier alpha value is -10.5. The van der Waals surface area contributed by atoms with Gasteiger partial charge in [0.1, 0.15) is 11.6 Å². The van der Waals surface area contributed by atoms with E-state index >= 15 is 39.5 Å². The maximum atomic E-state index is 15.4. The molecule has 0 spiro atoms. The van der Waals surface area contributed by atoms with Crippen LogP contribution in [0, 0.1) is 11.3 Å². The molecule has 9 aromatic carbocycles. The van der Waals surface area contributed by atoms with E-state index in [0.717, 1.165) is 36.4 Å². The van der Waals surface area contributed by atoms with E-state index in [1.54, 1.807) is 123 Å².